The molecule has 2 aromatic carbocycles. The van der Waals surface area contributed by atoms with E-state index in [4.69, 9.17) is 4.74 Å². The molecule has 2 aromatic rings. The van der Waals surface area contributed by atoms with Crippen molar-refractivity contribution in [1.82, 2.24) is 0 Å². The zero-order valence-electron chi connectivity index (χ0n) is 13.0. The van der Waals surface area contributed by atoms with Crippen molar-refractivity contribution in [2.75, 3.05) is 0 Å². The zero-order chi connectivity index (χ0) is 16.1. The molecule has 0 aliphatic rings. The van der Waals surface area contributed by atoms with Crippen molar-refractivity contribution in [2.45, 2.75) is 20.8 Å². The summed E-state index contributed by atoms with van der Waals surface area (Å²) in [6.07, 6.45) is 0. The van der Waals surface area contributed by atoms with E-state index in [1.54, 1.807) is 13.0 Å². The number of hydrogen-bond acceptors (Lipinski definition) is 4. The van der Waals surface area contributed by atoms with Gasteiger partial charge < -0.3 is 4.74 Å². The minimum atomic E-state index is -0.476. The van der Waals surface area contributed by atoms with E-state index in [1.165, 1.54) is 0 Å². The van der Waals surface area contributed by atoms with Crippen molar-refractivity contribution in [3.05, 3.63) is 65.7 Å². The maximum absolute atomic E-state index is 11.7. The Labute approximate surface area is 130 Å². The van der Waals surface area contributed by atoms with Crippen LogP contribution in [-0.2, 0) is 4.79 Å². The maximum atomic E-state index is 11.7. The number of nitrogens with zero attached hydrogens (tertiary/aromatic N) is 2. The molecule has 0 bridgehead atoms. The monoisotopic (exact) mass is 294 g/mol. The second kappa shape index (κ2) is 6.80. The number of ether oxygens (including phenoxy) is 1. The van der Waals surface area contributed by atoms with Gasteiger partial charge in [0.05, 0.1) is 5.69 Å². The summed E-state index contributed by atoms with van der Waals surface area (Å²) < 4.78 is 5.29. The molecule has 2 rings (SSSR count). The van der Waals surface area contributed by atoms with Gasteiger partial charge in [0.25, 0.3) is 0 Å². The van der Waals surface area contributed by atoms with E-state index in [9.17, 15) is 4.79 Å². The SMILES string of the molecule is C=C(C)C(=O)Oc1ccc(C)cc1N=Nc1ccccc1C. The fourth-order valence-corrected chi connectivity index (χ4v) is 1.76. The first-order valence-corrected chi connectivity index (χ1v) is 6.93. The van der Waals surface area contributed by atoms with Crippen molar-refractivity contribution in [3.63, 3.8) is 0 Å². The fraction of sp³-hybridized carbons (Fsp3) is 0.167. The number of carbonyl (C=O) groups excluding carboxylic acids is 1. The van der Waals surface area contributed by atoms with E-state index in [-0.39, 0.29) is 0 Å². The maximum Gasteiger partial charge on any atom is 0.338 e. The van der Waals surface area contributed by atoms with E-state index in [1.807, 2.05) is 50.2 Å². The molecule has 0 fully saturated rings. The van der Waals surface area contributed by atoms with Crippen molar-refractivity contribution in [1.29, 1.82) is 0 Å². The second-order valence-corrected chi connectivity index (χ2v) is 5.13. The van der Waals surface area contributed by atoms with Crippen LogP contribution >= 0.6 is 0 Å². The Morgan fingerprint density at radius 2 is 1.73 bits per heavy atom. The molecular weight excluding hydrogens is 276 g/mol. The normalized spacial score (nSPS) is 10.7. The van der Waals surface area contributed by atoms with Gasteiger partial charge >= 0.3 is 5.97 Å². The number of rotatable bonds is 4. The summed E-state index contributed by atoms with van der Waals surface area (Å²) in [7, 11) is 0. The first-order chi connectivity index (χ1) is 10.5. The highest BCUT2D eigenvalue weighted by Gasteiger charge is 2.10. The Morgan fingerprint density at radius 1 is 1.05 bits per heavy atom. The van der Waals surface area contributed by atoms with Crippen molar-refractivity contribution in [3.8, 4) is 5.75 Å². The van der Waals surface area contributed by atoms with E-state index in [0.717, 1.165) is 16.8 Å². The van der Waals surface area contributed by atoms with E-state index in [2.05, 4.69) is 16.8 Å². The molecule has 0 unspecified atom stereocenters. The van der Waals surface area contributed by atoms with Crippen LogP contribution in [0.15, 0.2) is 64.8 Å². The minimum absolute atomic E-state index is 0.336. The smallest absolute Gasteiger partial charge is 0.338 e. The highest BCUT2D eigenvalue weighted by atomic mass is 16.5. The zero-order valence-corrected chi connectivity index (χ0v) is 13.0. The third-order valence-electron chi connectivity index (χ3n) is 3.05. The Bertz CT molecular complexity index is 749. The average molecular weight is 294 g/mol. The lowest BCUT2D eigenvalue weighted by Gasteiger charge is -2.07. The third kappa shape index (κ3) is 3.88. The molecule has 4 heteroatoms. The summed E-state index contributed by atoms with van der Waals surface area (Å²) in [5.74, 6) is -0.105. The van der Waals surface area contributed by atoms with Crippen LogP contribution in [0.4, 0.5) is 11.4 Å². The van der Waals surface area contributed by atoms with Crippen molar-refractivity contribution in [2.24, 2.45) is 10.2 Å². The summed E-state index contributed by atoms with van der Waals surface area (Å²) in [5.41, 5.74) is 3.66. The van der Waals surface area contributed by atoms with Crippen LogP contribution < -0.4 is 4.74 Å². The van der Waals surface area contributed by atoms with Crippen LogP contribution in [0.5, 0.6) is 5.75 Å². The highest BCUT2D eigenvalue weighted by Crippen LogP contribution is 2.31. The first kappa shape index (κ1) is 15.6. The van der Waals surface area contributed by atoms with Crippen LogP contribution in [0.25, 0.3) is 0 Å². The van der Waals surface area contributed by atoms with Crippen LogP contribution in [0.3, 0.4) is 0 Å². The first-order valence-electron chi connectivity index (χ1n) is 6.93. The molecule has 0 atom stereocenters. The summed E-state index contributed by atoms with van der Waals surface area (Å²) >= 11 is 0. The molecule has 0 aromatic heterocycles. The fourth-order valence-electron chi connectivity index (χ4n) is 1.76. The summed E-state index contributed by atoms with van der Waals surface area (Å²) in [5, 5.41) is 8.47. The van der Waals surface area contributed by atoms with Gasteiger partial charge in [0.2, 0.25) is 0 Å². The molecule has 0 radical (unpaired) electrons. The van der Waals surface area contributed by atoms with Gasteiger partial charge in [-0.2, -0.15) is 5.11 Å². The summed E-state index contributed by atoms with van der Waals surface area (Å²) in [6, 6.07) is 13.1. The number of aryl methyl sites for hydroxylation is 2. The molecule has 0 amide bonds. The predicted octanol–water partition coefficient (Wildman–Crippen LogP) is 5.20. The molecule has 112 valence electrons. The van der Waals surface area contributed by atoms with Crippen LogP contribution in [0, 0.1) is 13.8 Å². The Kier molecular flexibility index (Phi) is 4.84. The van der Waals surface area contributed by atoms with Crippen molar-refractivity contribution < 1.29 is 9.53 Å². The van der Waals surface area contributed by atoms with Crippen LogP contribution in [0.2, 0.25) is 0 Å². The topological polar surface area (TPSA) is 51.0 Å². The van der Waals surface area contributed by atoms with Crippen molar-refractivity contribution >= 4 is 17.3 Å². The largest absolute Gasteiger partial charge is 0.421 e. The molecular formula is C18H18N2O2. The molecule has 0 spiro atoms. The van der Waals surface area contributed by atoms with Gasteiger partial charge in [-0.25, -0.2) is 4.79 Å². The second-order valence-electron chi connectivity index (χ2n) is 5.13. The molecule has 0 saturated heterocycles. The van der Waals surface area contributed by atoms with E-state index in [0.29, 0.717) is 17.0 Å². The Balaban J connectivity index is 2.33. The van der Waals surface area contributed by atoms with E-state index >= 15 is 0 Å². The lowest BCUT2D eigenvalue weighted by atomic mass is 10.2. The highest BCUT2D eigenvalue weighted by molar-refractivity contribution is 5.89. The summed E-state index contributed by atoms with van der Waals surface area (Å²) in [6.45, 7) is 9.08. The van der Waals surface area contributed by atoms with Crippen LogP contribution in [-0.4, -0.2) is 5.97 Å². The number of hydrogen-bond donors (Lipinski definition) is 0. The van der Waals surface area contributed by atoms with Gasteiger partial charge in [0.1, 0.15) is 5.69 Å². The van der Waals surface area contributed by atoms with Gasteiger partial charge in [-0.15, -0.1) is 5.11 Å². The predicted molar refractivity (Wildman–Crippen MR) is 87.0 cm³/mol. The number of carbonyl (C=O) groups is 1. The van der Waals surface area contributed by atoms with E-state index < -0.39 is 5.97 Å². The third-order valence-corrected chi connectivity index (χ3v) is 3.05. The Morgan fingerprint density at radius 3 is 2.41 bits per heavy atom. The molecule has 0 aliphatic heterocycles. The Hall–Kier alpha value is -2.75. The van der Waals surface area contributed by atoms with Gasteiger partial charge in [0.15, 0.2) is 5.75 Å². The lowest BCUT2D eigenvalue weighted by molar-refractivity contribution is -0.130. The number of azo groups is 1. The summed E-state index contributed by atoms with van der Waals surface area (Å²) in [4.78, 5) is 11.7. The van der Waals surface area contributed by atoms with Gasteiger partial charge in [-0.05, 0) is 50.1 Å². The standard InChI is InChI=1S/C18H18N2O2/c1-12(2)18(21)22-17-10-9-13(3)11-16(17)20-19-15-8-6-5-7-14(15)4/h5-11H,1H2,2-4H3. The van der Waals surface area contributed by atoms with Crippen LogP contribution in [0.1, 0.15) is 18.1 Å². The molecule has 4 nitrogen and oxygen atoms in total. The molecule has 0 saturated carbocycles. The van der Waals surface area contributed by atoms with Gasteiger partial charge in [-0.3, -0.25) is 0 Å². The quantitative estimate of drug-likeness (QED) is 0.337. The van der Waals surface area contributed by atoms with Gasteiger partial charge in [0, 0.05) is 5.57 Å². The number of esters is 1. The molecule has 0 heterocycles. The molecule has 0 N–H and O–H groups in total. The van der Waals surface area contributed by atoms with Gasteiger partial charge in [-0.1, -0.05) is 30.8 Å². The molecule has 0 aliphatic carbocycles. The average Bonchev–Trinajstić information content (AvgIpc) is 2.48. The number of benzene rings is 2. The molecule has 22 heavy (non-hydrogen) atoms. The minimum Gasteiger partial charge on any atom is -0.421 e. The lowest BCUT2D eigenvalue weighted by Crippen LogP contribution is -2.08.